The van der Waals surface area contributed by atoms with Crippen LogP contribution in [-0.4, -0.2) is 43.6 Å². The van der Waals surface area contributed by atoms with Crippen LogP contribution in [0.15, 0.2) is 39.9 Å². The summed E-state index contributed by atoms with van der Waals surface area (Å²) in [6.07, 6.45) is 1.65. The first-order valence-corrected chi connectivity index (χ1v) is 9.15. The third-order valence-corrected chi connectivity index (χ3v) is 5.16. The third kappa shape index (κ3) is 3.07. The van der Waals surface area contributed by atoms with Gasteiger partial charge in [-0.05, 0) is 37.3 Å². The molecule has 2 aromatic heterocycles. The molecule has 3 aromatic rings. The first-order chi connectivity index (χ1) is 13.1. The van der Waals surface area contributed by atoms with E-state index in [2.05, 4.69) is 15.2 Å². The number of hydrogen-bond donors (Lipinski definition) is 2. The van der Waals surface area contributed by atoms with E-state index < -0.39 is 0 Å². The molecule has 1 aliphatic rings. The molecule has 8 heteroatoms. The van der Waals surface area contributed by atoms with Gasteiger partial charge in [-0.2, -0.15) is 5.10 Å². The van der Waals surface area contributed by atoms with E-state index in [9.17, 15) is 14.4 Å². The molecule has 1 aliphatic heterocycles. The van der Waals surface area contributed by atoms with Gasteiger partial charge in [-0.3, -0.25) is 14.2 Å². The Kier molecular flexibility index (Phi) is 4.39. The average Bonchev–Trinajstić information content (AvgIpc) is 3.07. The lowest BCUT2D eigenvalue weighted by Crippen LogP contribution is -2.41. The first kappa shape index (κ1) is 17.3. The van der Waals surface area contributed by atoms with Crippen molar-refractivity contribution in [3.63, 3.8) is 0 Å². The molecular formula is C19H21N5O3. The summed E-state index contributed by atoms with van der Waals surface area (Å²) in [5.41, 5.74) is 0.233. The van der Waals surface area contributed by atoms with E-state index in [1.165, 1.54) is 0 Å². The summed E-state index contributed by atoms with van der Waals surface area (Å²) in [5, 5.41) is 7.46. The van der Waals surface area contributed by atoms with Crippen LogP contribution >= 0.6 is 0 Å². The molecule has 3 heterocycles. The Hall–Kier alpha value is -3.16. The molecule has 0 radical (unpaired) electrons. The number of hydrogen-bond acceptors (Lipinski definition) is 4. The summed E-state index contributed by atoms with van der Waals surface area (Å²) < 4.78 is 1.60. The van der Waals surface area contributed by atoms with E-state index in [0.29, 0.717) is 31.0 Å². The van der Waals surface area contributed by atoms with Crippen molar-refractivity contribution in [1.82, 2.24) is 24.6 Å². The zero-order valence-electron chi connectivity index (χ0n) is 15.1. The molecule has 0 saturated carbocycles. The smallest absolute Gasteiger partial charge is 0.338 e. The van der Waals surface area contributed by atoms with Crippen LogP contribution in [-0.2, 0) is 6.54 Å². The Morgan fingerprint density at radius 1 is 1.30 bits per heavy atom. The molecule has 0 unspecified atom stereocenters. The molecule has 0 aliphatic carbocycles. The van der Waals surface area contributed by atoms with Crippen LogP contribution in [0.3, 0.4) is 0 Å². The van der Waals surface area contributed by atoms with Crippen molar-refractivity contribution < 1.29 is 4.79 Å². The van der Waals surface area contributed by atoms with E-state index in [1.807, 2.05) is 31.2 Å². The molecule has 4 rings (SSSR count). The second kappa shape index (κ2) is 6.86. The monoisotopic (exact) mass is 367 g/mol. The van der Waals surface area contributed by atoms with Crippen LogP contribution < -0.4 is 11.2 Å². The number of likely N-dealkylation sites (tertiary alicyclic amines) is 1. The molecule has 1 fully saturated rings. The number of fused-ring (bicyclic) bond motifs is 1. The molecular weight excluding hydrogens is 346 g/mol. The lowest BCUT2D eigenvalue weighted by atomic mass is 9.96. The minimum absolute atomic E-state index is 0.0267. The Morgan fingerprint density at radius 3 is 2.93 bits per heavy atom. The quantitative estimate of drug-likeness (QED) is 0.731. The molecule has 2 N–H and O–H groups in total. The number of piperidine rings is 1. The topological polar surface area (TPSA) is 104 Å². The van der Waals surface area contributed by atoms with E-state index in [0.717, 1.165) is 18.2 Å². The van der Waals surface area contributed by atoms with Crippen molar-refractivity contribution in [2.24, 2.45) is 0 Å². The van der Waals surface area contributed by atoms with Crippen molar-refractivity contribution in [3.8, 4) is 0 Å². The van der Waals surface area contributed by atoms with E-state index in [4.69, 9.17) is 0 Å². The second-order valence-corrected chi connectivity index (χ2v) is 6.82. The SMILES string of the molecule is CCn1c([C@H]2CCCN(C(=O)c3cc4ccccc4[nH]c3=O)C2)n[nH]c1=O. The van der Waals surface area contributed by atoms with Gasteiger partial charge < -0.3 is 9.88 Å². The van der Waals surface area contributed by atoms with E-state index >= 15 is 0 Å². The molecule has 27 heavy (non-hydrogen) atoms. The third-order valence-electron chi connectivity index (χ3n) is 5.16. The van der Waals surface area contributed by atoms with Gasteiger partial charge in [-0.25, -0.2) is 9.89 Å². The number of carbonyl (C=O) groups is 1. The number of nitrogens with one attached hydrogen (secondary N) is 2. The molecule has 1 amide bonds. The highest BCUT2D eigenvalue weighted by Gasteiger charge is 2.29. The van der Waals surface area contributed by atoms with Gasteiger partial charge >= 0.3 is 5.69 Å². The molecule has 8 nitrogen and oxygen atoms in total. The number of amides is 1. The molecule has 1 atom stereocenters. The minimum atomic E-state index is -0.383. The van der Waals surface area contributed by atoms with E-state index in [-0.39, 0.29) is 28.6 Å². The second-order valence-electron chi connectivity index (χ2n) is 6.82. The Bertz CT molecular complexity index is 1110. The van der Waals surface area contributed by atoms with Gasteiger partial charge in [0.25, 0.3) is 11.5 Å². The predicted octanol–water partition coefficient (Wildman–Crippen LogP) is 1.45. The highest BCUT2D eigenvalue weighted by atomic mass is 16.2. The summed E-state index contributed by atoms with van der Waals surface area (Å²) in [6.45, 7) is 3.44. The van der Waals surface area contributed by atoms with Crippen molar-refractivity contribution in [2.75, 3.05) is 13.1 Å². The Labute approximate surface area is 154 Å². The average molecular weight is 367 g/mol. The lowest BCUT2D eigenvalue weighted by Gasteiger charge is -2.32. The summed E-state index contributed by atoms with van der Waals surface area (Å²) >= 11 is 0. The van der Waals surface area contributed by atoms with Crippen molar-refractivity contribution in [1.29, 1.82) is 0 Å². The maximum atomic E-state index is 13.0. The molecule has 0 bridgehead atoms. The number of nitrogens with zero attached hydrogens (tertiary/aromatic N) is 3. The van der Waals surface area contributed by atoms with Crippen LogP contribution in [0.5, 0.6) is 0 Å². The number of pyridine rings is 1. The van der Waals surface area contributed by atoms with Crippen molar-refractivity contribution in [2.45, 2.75) is 32.2 Å². The fourth-order valence-corrected chi connectivity index (χ4v) is 3.80. The Morgan fingerprint density at radius 2 is 2.11 bits per heavy atom. The van der Waals surface area contributed by atoms with Gasteiger partial charge in [0.2, 0.25) is 0 Å². The lowest BCUT2D eigenvalue weighted by molar-refractivity contribution is 0.0701. The van der Waals surface area contributed by atoms with Crippen molar-refractivity contribution in [3.05, 3.63) is 62.6 Å². The van der Waals surface area contributed by atoms with Gasteiger partial charge in [0, 0.05) is 31.1 Å². The first-order valence-electron chi connectivity index (χ1n) is 9.15. The summed E-state index contributed by atoms with van der Waals surface area (Å²) in [4.78, 5) is 41.7. The van der Waals surface area contributed by atoms with Gasteiger partial charge in [-0.15, -0.1) is 0 Å². The van der Waals surface area contributed by atoms with Gasteiger partial charge in [0.15, 0.2) is 0 Å². The number of H-pyrrole nitrogens is 2. The highest BCUT2D eigenvalue weighted by Crippen LogP contribution is 2.26. The van der Waals surface area contributed by atoms with Crippen LogP contribution in [0.4, 0.5) is 0 Å². The van der Waals surface area contributed by atoms with Crippen LogP contribution in [0.25, 0.3) is 10.9 Å². The number of carbonyl (C=O) groups excluding carboxylic acids is 1. The Balaban J connectivity index is 1.63. The predicted molar refractivity (Wildman–Crippen MR) is 101 cm³/mol. The summed E-state index contributed by atoms with van der Waals surface area (Å²) in [5.74, 6) is 0.362. The van der Waals surface area contributed by atoms with Crippen LogP contribution in [0.2, 0.25) is 0 Å². The fourth-order valence-electron chi connectivity index (χ4n) is 3.80. The number of rotatable bonds is 3. The zero-order valence-corrected chi connectivity index (χ0v) is 15.1. The number of benzene rings is 1. The maximum absolute atomic E-state index is 13.0. The van der Waals surface area contributed by atoms with Gasteiger partial charge in [0.05, 0.1) is 0 Å². The fraction of sp³-hybridized carbons (Fsp3) is 0.368. The largest absolute Gasteiger partial charge is 0.343 e. The van der Waals surface area contributed by atoms with Gasteiger partial charge in [-0.1, -0.05) is 18.2 Å². The summed E-state index contributed by atoms with van der Waals surface area (Å²) in [6, 6.07) is 9.03. The molecule has 1 aromatic carbocycles. The number of aromatic amines is 2. The molecule has 1 saturated heterocycles. The standard InChI is InChI=1S/C19H21N5O3/c1-2-24-16(21-22-19(24)27)13-7-5-9-23(11-13)18(26)14-10-12-6-3-4-8-15(12)20-17(14)25/h3-4,6,8,10,13H,2,5,7,9,11H2,1H3,(H,20,25)(H,22,27)/t13-/m0/s1. The number of aromatic nitrogens is 4. The maximum Gasteiger partial charge on any atom is 0.343 e. The number of para-hydroxylation sites is 1. The van der Waals surface area contributed by atoms with E-state index in [1.54, 1.807) is 15.5 Å². The molecule has 0 spiro atoms. The van der Waals surface area contributed by atoms with Crippen LogP contribution in [0.1, 0.15) is 41.9 Å². The van der Waals surface area contributed by atoms with Crippen molar-refractivity contribution >= 4 is 16.8 Å². The van der Waals surface area contributed by atoms with Crippen LogP contribution in [0, 0.1) is 0 Å². The highest BCUT2D eigenvalue weighted by molar-refractivity contribution is 5.97. The van der Waals surface area contributed by atoms with Gasteiger partial charge in [0.1, 0.15) is 11.4 Å². The zero-order chi connectivity index (χ0) is 19.0. The molecule has 140 valence electrons. The summed E-state index contributed by atoms with van der Waals surface area (Å²) in [7, 11) is 0. The minimum Gasteiger partial charge on any atom is -0.338 e. The normalized spacial score (nSPS) is 17.4.